The van der Waals surface area contributed by atoms with Crippen molar-refractivity contribution in [2.45, 2.75) is 44.6 Å². The summed E-state index contributed by atoms with van der Waals surface area (Å²) in [5.74, 6) is -0.278. The van der Waals surface area contributed by atoms with Crippen LogP contribution in [0.1, 0.15) is 42.1 Å². The Bertz CT molecular complexity index is 642. The Morgan fingerprint density at radius 3 is 2.38 bits per heavy atom. The Labute approximate surface area is 142 Å². The lowest BCUT2D eigenvalue weighted by Crippen LogP contribution is -2.30. The van der Waals surface area contributed by atoms with Gasteiger partial charge in [-0.15, -0.1) is 0 Å². The van der Waals surface area contributed by atoms with Crippen LogP contribution in [0.15, 0.2) is 48.5 Å². The first-order valence-corrected chi connectivity index (χ1v) is 8.52. The average molecular weight is 329 g/mol. The van der Waals surface area contributed by atoms with E-state index >= 15 is 0 Å². The molecular formula is C20H24FNO2. The Morgan fingerprint density at radius 2 is 1.71 bits per heavy atom. The molecule has 0 amide bonds. The molecule has 128 valence electrons. The maximum Gasteiger partial charge on any atom is 0.123 e. The zero-order valence-corrected chi connectivity index (χ0v) is 13.7. The van der Waals surface area contributed by atoms with Gasteiger partial charge in [-0.2, -0.15) is 0 Å². The summed E-state index contributed by atoms with van der Waals surface area (Å²) < 4.78 is 13.0. The summed E-state index contributed by atoms with van der Waals surface area (Å²) >= 11 is 0. The second-order valence-electron chi connectivity index (χ2n) is 6.54. The van der Waals surface area contributed by atoms with Gasteiger partial charge in [-0.3, -0.25) is 4.90 Å². The van der Waals surface area contributed by atoms with Gasteiger partial charge in [-0.1, -0.05) is 36.4 Å². The predicted molar refractivity (Wildman–Crippen MR) is 91.8 cm³/mol. The molecule has 0 saturated carbocycles. The summed E-state index contributed by atoms with van der Waals surface area (Å²) in [7, 11) is 0. The molecule has 0 spiro atoms. The molecule has 1 aliphatic heterocycles. The van der Waals surface area contributed by atoms with Crippen molar-refractivity contribution in [3.05, 3.63) is 71.0 Å². The lowest BCUT2D eigenvalue weighted by molar-refractivity contribution is 0.118. The largest absolute Gasteiger partial charge is 0.392 e. The standard InChI is InChI=1S/C20H24FNO2/c21-18-9-7-17(8-10-18)20(24)12-19-2-1-11-22(19)13-15-3-5-16(14-23)6-4-15/h3-10,19-20,23-24H,1-2,11-14H2/t19-,20-/m0/s1. The van der Waals surface area contributed by atoms with Crippen LogP contribution in [0.4, 0.5) is 4.39 Å². The van der Waals surface area contributed by atoms with E-state index in [0.717, 1.165) is 37.1 Å². The molecule has 1 heterocycles. The molecule has 0 bridgehead atoms. The highest BCUT2D eigenvalue weighted by molar-refractivity contribution is 5.22. The van der Waals surface area contributed by atoms with Crippen LogP contribution < -0.4 is 0 Å². The quantitative estimate of drug-likeness (QED) is 0.853. The molecule has 2 atom stereocenters. The minimum absolute atomic E-state index is 0.0660. The third-order valence-corrected chi connectivity index (χ3v) is 4.84. The van der Waals surface area contributed by atoms with Crippen molar-refractivity contribution in [1.82, 2.24) is 4.90 Å². The van der Waals surface area contributed by atoms with Gasteiger partial charge in [0.05, 0.1) is 12.7 Å². The van der Waals surface area contributed by atoms with Crippen molar-refractivity contribution in [2.24, 2.45) is 0 Å². The number of aliphatic hydroxyl groups is 2. The summed E-state index contributed by atoms with van der Waals surface area (Å²) in [6.07, 6.45) is 2.32. The van der Waals surface area contributed by atoms with Crippen LogP contribution in [0.25, 0.3) is 0 Å². The van der Waals surface area contributed by atoms with E-state index in [4.69, 9.17) is 5.11 Å². The first-order chi connectivity index (χ1) is 11.7. The second kappa shape index (κ2) is 7.88. The molecule has 1 aliphatic rings. The van der Waals surface area contributed by atoms with Crippen LogP contribution in [0.2, 0.25) is 0 Å². The molecule has 3 rings (SSSR count). The molecule has 2 aromatic carbocycles. The highest BCUT2D eigenvalue weighted by Crippen LogP contribution is 2.28. The Kier molecular flexibility index (Phi) is 5.61. The average Bonchev–Trinajstić information content (AvgIpc) is 3.03. The number of halogens is 1. The lowest BCUT2D eigenvalue weighted by atomic mass is 10.00. The molecule has 2 N–H and O–H groups in total. The van der Waals surface area contributed by atoms with Crippen LogP contribution in [-0.4, -0.2) is 27.7 Å². The number of nitrogens with zero attached hydrogens (tertiary/aromatic N) is 1. The SMILES string of the molecule is OCc1ccc(CN2CCC[C@H]2C[C@H](O)c2ccc(F)cc2)cc1. The minimum atomic E-state index is -0.562. The maximum absolute atomic E-state index is 13.0. The topological polar surface area (TPSA) is 43.7 Å². The van der Waals surface area contributed by atoms with E-state index in [-0.39, 0.29) is 12.4 Å². The molecule has 2 aromatic rings. The zero-order valence-electron chi connectivity index (χ0n) is 13.7. The van der Waals surface area contributed by atoms with Crippen molar-refractivity contribution < 1.29 is 14.6 Å². The van der Waals surface area contributed by atoms with Gasteiger partial charge in [0, 0.05) is 12.6 Å². The fourth-order valence-electron chi connectivity index (χ4n) is 3.43. The number of hydrogen-bond acceptors (Lipinski definition) is 3. The molecule has 0 radical (unpaired) electrons. The third kappa shape index (κ3) is 4.20. The van der Waals surface area contributed by atoms with Gasteiger partial charge in [-0.05, 0) is 54.6 Å². The van der Waals surface area contributed by atoms with Gasteiger partial charge in [0.25, 0.3) is 0 Å². The number of likely N-dealkylation sites (tertiary alicyclic amines) is 1. The van der Waals surface area contributed by atoms with Crippen molar-refractivity contribution in [3.8, 4) is 0 Å². The normalized spacial score (nSPS) is 19.5. The van der Waals surface area contributed by atoms with E-state index in [0.29, 0.717) is 12.5 Å². The highest BCUT2D eigenvalue weighted by atomic mass is 19.1. The van der Waals surface area contributed by atoms with Crippen LogP contribution in [-0.2, 0) is 13.2 Å². The first kappa shape index (κ1) is 17.1. The van der Waals surface area contributed by atoms with E-state index in [1.165, 1.54) is 17.7 Å². The van der Waals surface area contributed by atoms with Crippen molar-refractivity contribution in [3.63, 3.8) is 0 Å². The highest BCUT2D eigenvalue weighted by Gasteiger charge is 2.27. The minimum Gasteiger partial charge on any atom is -0.392 e. The maximum atomic E-state index is 13.0. The van der Waals surface area contributed by atoms with Crippen LogP contribution >= 0.6 is 0 Å². The predicted octanol–water partition coefficient (Wildman–Crippen LogP) is 3.41. The number of rotatable bonds is 6. The van der Waals surface area contributed by atoms with Gasteiger partial charge in [0.2, 0.25) is 0 Å². The van der Waals surface area contributed by atoms with E-state index in [9.17, 15) is 9.50 Å². The van der Waals surface area contributed by atoms with Crippen LogP contribution in [0, 0.1) is 5.82 Å². The fourth-order valence-corrected chi connectivity index (χ4v) is 3.43. The second-order valence-corrected chi connectivity index (χ2v) is 6.54. The van der Waals surface area contributed by atoms with Gasteiger partial charge >= 0.3 is 0 Å². The molecule has 24 heavy (non-hydrogen) atoms. The number of aliphatic hydroxyl groups excluding tert-OH is 2. The molecule has 3 nitrogen and oxygen atoms in total. The summed E-state index contributed by atoms with van der Waals surface area (Å²) in [5, 5.41) is 19.6. The van der Waals surface area contributed by atoms with Crippen LogP contribution in [0.5, 0.6) is 0 Å². The first-order valence-electron chi connectivity index (χ1n) is 8.52. The Balaban J connectivity index is 1.61. The van der Waals surface area contributed by atoms with Gasteiger partial charge in [0.15, 0.2) is 0 Å². The summed E-state index contributed by atoms with van der Waals surface area (Å²) in [5.41, 5.74) is 2.91. The van der Waals surface area contributed by atoms with Gasteiger partial charge in [0.1, 0.15) is 5.82 Å². The zero-order chi connectivity index (χ0) is 16.9. The van der Waals surface area contributed by atoms with Crippen molar-refractivity contribution in [2.75, 3.05) is 6.54 Å². The van der Waals surface area contributed by atoms with Crippen molar-refractivity contribution >= 4 is 0 Å². The molecular weight excluding hydrogens is 305 g/mol. The molecule has 0 aromatic heterocycles. The molecule has 1 fully saturated rings. The molecule has 0 unspecified atom stereocenters. The summed E-state index contributed by atoms with van der Waals surface area (Å²) in [6, 6.07) is 14.5. The molecule has 1 saturated heterocycles. The lowest BCUT2D eigenvalue weighted by Gasteiger charge is -2.26. The molecule has 4 heteroatoms. The monoisotopic (exact) mass is 329 g/mol. The van der Waals surface area contributed by atoms with Gasteiger partial charge < -0.3 is 10.2 Å². The number of benzene rings is 2. The van der Waals surface area contributed by atoms with Gasteiger partial charge in [-0.25, -0.2) is 4.39 Å². The fraction of sp³-hybridized carbons (Fsp3) is 0.400. The van der Waals surface area contributed by atoms with Crippen molar-refractivity contribution in [1.29, 1.82) is 0 Å². The smallest absolute Gasteiger partial charge is 0.123 e. The summed E-state index contributed by atoms with van der Waals surface area (Å²) in [6.45, 7) is 1.95. The van der Waals surface area contributed by atoms with E-state index in [1.54, 1.807) is 12.1 Å². The summed E-state index contributed by atoms with van der Waals surface area (Å²) in [4.78, 5) is 2.40. The van der Waals surface area contributed by atoms with Crippen LogP contribution in [0.3, 0.4) is 0 Å². The molecule has 0 aliphatic carbocycles. The Morgan fingerprint density at radius 1 is 1.04 bits per heavy atom. The van der Waals surface area contributed by atoms with E-state index in [1.807, 2.05) is 12.1 Å². The number of hydrogen-bond donors (Lipinski definition) is 2. The Hall–Kier alpha value is -1.75. The third-order valence-electron chi connectivity index (χ3n) is 4.84. The van der Waals surface area contributed by atoms with E-state index in [2.05, 4.69) is 17.0 Å². The van der Waals surface area contributed by atoms with E-state index < -0.39 is 6.10 Å².